The average Bonchev–Trinajstić information content (AvgIpc) is 2.96. The summed E-state index contributed by atoms with van der Waals surface area (Å²) in [6, 6.07) is 16.9. The Labute approximate surface area is 139 Å². The minimum atomic E-state index is 0.153. The smallest absolute Gasteiger partial charge is 0.115 e. The van der Waals surface area contributed by atoms with E-state index in [1.165, 1.54) is 0 Å². The fourth-order valence-electron chi connectivity index (χ4n) is 3.23. The Balaban J connectivity index is 1.97. The van der Waals surface area contributed by atoms with Crippen LogP contribution in [-0.4, -0.2) is 15.3 Å². The number of phenols is 1. The first kappa shape index (κ1) is 14.4. The first-order valence-electron chi connectivity index (χ1n) is 7.76. The number of hydrogen-bond acceptors (Lipinski definition) is 3. The van der Waals surface area contributed by atoms with Crippen molar-refractivity contribution in [3.8, 4) is 5.75 Å². The fourth-order valence-corrected chi connectivity index (χ4v) is 3.23. The molecule has 0 saturated heterocycles. The molecular formula is C21H16O3. The summed E-state index contributed by atoms with van der Waals surface area (Å²) in [5.74, 6) is 0.538. The first-order valence-corrected chi connectivity index (χ1v) is 7.76. The minimum Gasteiger partial charge on any atom is -0.512 e. The van der Waals surface area contributed by atoms with E-state index >= 15 is 0 Å². The molecule has 0 spiro atoms. The third kappa shape index (κ3) is 2.31. The maximum atomic E-state index is 10.3. The second-order valence-corrected chi connectivity index (χ2v) is 5.93. The third-order valence-corrected chi connectivity index (χ3v) is 4.33. The van der Waals surface area contributed by atoms with Gasteiger partial charge in [-0.2, -0.15) is 0 Å². The predicted molar refractivity (Wildman–Crippen MR) is 94.4 cm³/mol. The van der Waals surface area contributed by atoms with Crippen LogP contribution in [0.15, 0.2) is 89.4 Å². The van der Waals surface area contributed by atoms with Crippen LogP contribution in [0.1, 0.15) is 17.5 Å². The summed E-state index contributed by atoms with van der Waals surface area (Å²) in [4.78, 5) is 0. The molecular weight excluding hydrogens is 300 g/mol. The average molecular weight is 316 g/mol. The van der Waals surface area contributed by atoms with Gasteiger partial charge < -0.3 is 15.3 Å². The van der Waals surface area contributed by atoms with E-state index in [1.54, 1.807) is 18.2 Å². The second-order valence-electron chi connectivity index (χ2n) is 5.93. The van der Waals surface area contributed by atoms with Gasteiger partial charge in [0, 0.05) is 5.57 Å². The Morgan fingerprint density at radius 1 is 0.667 bits per heavy atom. The predicted octanol–water partition coefficient (Wildman–Crippen LogP) is 4.90. The normalized spacial score (nSPS) is 16.8. The number of hydrogen-bond donors (Lipinski definition) is 3. The van der Waals surface area contributed by atoms with E-state index in [-0.39, 0.29) is 23.7 Å². The molecule has 4 rings (SSSR count). The highest BCUT2D eigenvalue weighted by atomic mass is 16.3. The lowest BCUT2D eigenvalue weighted by atomic mass is 9.91. The molecule has 0 aliphatic heterocycles. The van der Waals surface area contributed by atoms with Crippen molar-refractivity contribution in [2.45, 2.75) is 6.42 Å². The van der Waals surface area contributed by atoms with Crippen molar-refractivity contribution >= 4 is 11.1 Å². The molecule has 2 aromatic rings. The van der Waals surface area contributed by atoms with E-state index in [9.17, 15) is 15.3 Å². The molecule has 0 atom stereocenters. The maximum absolute atomic E-state index is 10.3. The van der Waals surface area contributed by atoms with Gasteiger partial charge in [0.1, 0.15) is 17.3 Å². The molecule has 0 bridgehead atoms. The third-order valence-electron chi connectivity index (χ3n) is 4.33. The number of benzene rings is 2. The zero-order chi connectivity index (χ0) is 16.7. The van der Waals surface area contributed by atoms with E-state index in [4.69, 9.17) is 0 Å². The van der Waals surface area contributed by atoms with Gasteiger partial charge in [0.2, 0.25) is 0 Å². The zero-order valence-electron chi connectivity index (χ0n) is 12.9. The Kier molecular flexibility index (Phi) is 3.28. The van der Waals surface area contributed by atoms with Crippen molar-refractivity contribution in [1.29, 1.82) is 0 Å². The van der Waals surface area contributed by atoms with E-state index in [0.717, 1.165) is 33.4 Å². The molecule has 0 saturated carbocycles. The highest BCUT2D eigenvalue weighted by Crippen LogP contribution is 2.46. The molecule has 24 heavy (non-hydrogen) atoms. The van der Waals surface area contributed by atoms with Crippen molar-refractivity contribution in [2.75, 3.05) is 0 Å². The minimum absolute atomic E-state index is 0.153. The summed E-state index contributed by atoms with van der Waals surface area (Å²) in [5, 5.41) is 29.8. The number of fused-ring (bicyclic) bond motifs is 1. The molecule has 0 unspecified atom stereocenters. The van der Waals surface area contributed by atoms with Crippen LogP contribution in [0.3, 0.4) is 0 Å². The lowest BCUT2D eigenvalue weighted by Gasteiger charge is -2.15. The van der Waals surface area contributed by atoms with Crippen molar-refractivity contribution in [3.63, 3.8) is 0 Å². The highest BCUT2D eigenvalue weighted by Gasteiger charge is 2.28. The summed E-state index contributed by atoms with van der Waals surface area (Å²) in [7, 11) is 0. The van der Waals surface area contributed by atoms with E-state index in [1.807, 2.05) is 48.5 Å². The molecule has 3 N–H and O–H groups in total. The summed E-state index contributed by atoms with van der Waals surface area (Å²) < 4.78 is 0. The summed E-state index contributed by atoms with van der Waals surface area (Å²) >= 11 is 0. The zero-order valence-corrected chi connectivity index (χ0v) is 12.9. The van der Waals surface area contributed by atoms with Crippen LogP contribution >= 0.6 is 0 Å². The van der Waals surface area contributed by atoms with Crippen LogP contribution < -0.4 is 0 Å². The molecule has 2 aromatic carbocycles. The van der Waals surface area contributed by atoms with Gasteiger partial charge in [-0.15, -0.1) is 0 Å². The van der Waals surface area contributed by atoms with Gasteiger partial charge >= 0.3 is 0 Å². The van der Waals surface area contributed by atoms with E-state index in [0.29, 0.717) is 0 Å². The monoisotopic (exact) mass is 316 g/mol. The molecule has 0 amide bonds. The molecule has 3 nitrogen and oxygen atoms in total. The van der Waals surface area contributed by atoms with Gasteiger partial charge in [0.15, 0.2) is 0 Å². The summed E-state index contributed by atoms with van der Waals surface area (Å²) in [6.45, 7) is 0. The lowest BCUT2D eigenvalue weighted by molar-refractivity contribution is 0.336. The van der Waals surface area contributed by atoms with E-state index < -0.39 is 0 Å². The molecule has 3 heteroatoms. The number of aromatic hydroxyl groups is 1. The molecule has 0 heterocycles. The Bertz CT molecular complexity index is 927. The molecule has 2 aliphatic carbocycles. The second kappa shape index (κ2) is 5.46. The van der Waals surface area contributed by atoms with E-state index in [2.05, 4.69) is 0 Å². The van der Waals surface area contributed by atoms with Crippen molar-refractivity contribution < 1.29 is 15.3 Å². The molecule has 0 radical (unpaired) electrons. The van der Waals surface area contributed by atoms with Crippen LogP contribution in [0, 0.1) is 0 Å². The van der Waals surface area contributed by atoms with Crippen LogP contribution in [0.2, 0.25) is 0 Å². The summed E-state index contributed by atoms with van der Waals surface area (Å²) in [6.07, 6.45) is 3.82. The Morgan fingerprint density at radius 3 is 2.08 bits per heavy atom. The number of phenolic OH excluding ortho intramolecular Hbond substituents is 1. The first-order chi connectivity index (χ1) is 11.6. The number of allylic oxidation sites excluding steroid dienone is 6. The van der Waals surface area contributed by atoms with Crippen molar-refractivity contribution in [1.82, 2.24) is 0 Å². The number of aliphatic hydroxyl groups excluding tert-OH is 2. The van der Waals surface area contributed by atoms with Gasteiger partial charge in [-0.1, -0.05) is 42.5 Å². The van der Waals surface area contributed by atoms with Gasteiger partial charge in [-0.05, 0) is 52.1 Å². The van der Waals surface area contributed by atoms with Crippen LogP contribution in [0.4, 0.5) is 0 Å². The fraction of sp³-hybridized carbons (Fsp3) is 0.0476. The standard InChI is InChI=1S/C21H16O3/c22-15-8-6-13(7-9-15)17-12-18-19(10-16(23)11-20(18)24)21(17)14-4-2-1-3-5-14/h1-10,12,22-24H,11H2. The van der Waals surface area contributed by atoms with Crippen LogP contribution in [0.5, 0.6) is 5.75 Å². The maximum Gasteiger partial charge on any atom is 0.115 e. The van der Waals surface area contributed by atoms with Crippen LogP contribution in [0.25, 0.3) is 11.1 Å². The number of rotatable bonds is 2. The molecule has 2 aliphatic rings. The molecule has 0 aromatic heterocycles. The lowest BCUT2D eigenvalue weighted by Crippen LogP contribution is -2.00. The quantitative estimate of drug-likeness (QED) is 0.738. The van der Waals surface area contributed by atoms with Gasteiger partial charge in [-0.3, -0.25) is 0 Å². The largest absolute Gasteiger partial charge is 0.512 e. The molecule has 118 valence electrons. The van der Waals surface area contributed by atoms with Gasteiger partial charge in [-0.25, -0.2) is 0 Å². The highest BCUT2D eigenvalue weighted by molar-refractivity contribution is 6.13. The number of aliphatic hydroxyl groups is 2. The van der Waals surface area contributed by atoms with Gasteiger partial charge in [0.05, 0.1) is 6.42 Å². The molecule has 0 fully saturated rings. The SMILES string of the molecule is OC1=CC2=C(c3ccccc3)C(c3ccc(O)cc3)=CC2=C(O)C1. The topological polar surface area (TPSA) is 60.7 Å². The Hall–Kier alpha value is -3.20. The Morgan fingerprint density at radius 2 is 1.38 bits per heavy atom. The van der Waals surface area contributed by atoms with Crippen LogP contribution in [-0.2, 0) is 0 Å². The van der Waals surface area contributed by atoms with Gasteiger partial charge in [0.25, 0.3) is 0 Å². The summed E-state index contributed by atoms with van der Waals surface area (Å²) in [5.41, 5.74) is 5.46. The van der Waals surface area contributed by atoms with Crippen molar-refractivity contribution in [2.24, 2.45) is 0 Å². The van der Waals surface area contributed by atoms with Crippen molar-refractivity contribution in [3.05, 3.63) is 101 Å².